The van der Waals surface area contributed by atoms with Gasteiger partial charge in [-0.1, -0.05) is 19.9 Å². The van der Waals surface area contributed by atoms with Crippen LogP contribution < -0.4 is 10.2 Å². The minimum Gasteiger partial charge on any atom is -0.370 e. The SMILES string of the molecule is CCc1nc2cc(N3CCC(C(=O)N[C@@H](C)c4cccnc4)CC3)cnc2nc1CC. The second-order valence-corrected chi connectivity index (χ2v) is 8.14. The molecule has 7 heteroatoms. The number of nitrogens with zero attached hydrogens (tertiary/aromatic N) is 5. The van der Waals surface area contributed by atoms with E-state index in [1.807, 2.05) is 25.3 Å². The van der Waals surface area contributed by atoms with Crippen molar-refractivity contribution in [1.82, 2.24) is 25.3 Å². The summed E-state index contributed by atoms with van der Waals surface area (Å²) in [4.78, 5) is 33.2. The van der Waals surface area contributed by atoms with Crippen LogP contribution in [0, 0.1) is 5.92 Å². The van der Waals surface area contributed by atoms with Gasteiger partial charge in [0, 0.05) is 31.4 Å². The van der Waals surface area contributed by atoms with Gasteiger partial charge in [-0.05, 0) is 50.3 Å². The summed E-state index contributed by atoms with van der Waals surface area (Å²) in [7, 11) is 0. The lowest BCUT2D eigenvalue weighted by Gasteiger charge is -2.33. The Morgan fingerprint density at radius 3 is 2.58 bits per heavy atom. The van der Waals surface area contributed by atoms with Crippen LogP contribution in [0.3, 0.4) is 0 Å². The van der Waals surface area contributed by atoms with Crippen molar-refractivity contribution < 1.29 is 4.79 Å². The minimum atomic E-state index is -0.0386. The molecule has 1 saturated heterocycles. The molecule has 4 rings (SSSR count). The Morgan fingerprint density at radius 2 is 1.90 bits per heavy atom. The smallest absolute Gasteiger partial charge is 0.223 e. The van der Waals surface area contributed by atoms with Crippen LogP contribution >= 0.6 is 0 Å². The van der Waals surface area contributed by atoms with Crippen molar-refractivity contribution in [3.63, 3.8) is 0 Å². The number of amides is 1. The lowest BCUT2D eigenvalue weighted by atomic mass is 9.95. The minimum absolute atomic E-state index is 0.0300. The summed E-state index contributed by atoms with van der Waals surface area (Å²) in [5.41, 5.74) is 5.70. The molecular formula is C24H30N6O. The van der Waals surface area contributed by atoms with Crippen LogP contribution in [0.5, 0.6) is 0 Å². The molecule has 1 amide bonds. The normalized spacial score (nSPS) is 15.8. The third-order valence-corrected chi connectivity index (χ3v) is 6.11. The first kappa shape index (κ1) is 21.2. The fourth-order valence-corrected chi connectivity index (χ4v) is 4.19. The molecule has 1 atom stereocenters. The largest absolute Gasteiger partial charge is 0.370 e. The van der Waals surface area contributed by atoms with E-state index >= 15 is 0 Å². The van der Waals surface area contributed by atoms with E-state index in [1.165, 1.54) is 0 Å². The average molecular weight is 419 g/mol. The van der Waals surface area contributed by atoms with E-state index in [4.69, 9.17) is 4.98 Å². The second-order valence-electron chi connectivity index (χ2n) is 8.14. The zero-order chi connectivity index (χ0) is 21.8. The fourth-order valence-electron chi connectivity index (χ4n) is 4.19. The van der Waals surface area contributed by atoms with Gasteiger partial charge in [0.15, 0.2) is 5.65 Å². The summed E-state index contributed by atoms with van der Waals surface area (Å²) in [6, 6.07) is 5.93. The molecule has 31 heavy (non-hydrogen) atoms. The first-order valence-electron chi connectivity index (χ1n) is 11.2. The molecule has 0 saturated carbocycles. The standard InChI is InChI=1S/C24H30N6O/c1-4-20-21(5-2)29-23-22(28-20)13-19(15-26-23)30-11-8-17(9-12-30)24(31)27-16(3)18-7-6-10-25-14-18/h6-7,10,13-17H,4-5,8-9,11-12H2,1-3H3,(H,27,31)/t16-/m0/s1. The quantitative estimate of drug-likeness (QED) is 0.658. The average Bonchev–Trinajstić information content (AvgIpc) is 2.83. The molecule has 3 aromatic rings. The number of fused-ring (bicyclic) bond motifs is 1. The van der Waals surface area contributed by atoms with Crippen molar-refractivity contribution in [2.75, 3.05) is 18.0 Å². The summed E-state index contributed by atoms with van der Waals surface area (Å²) in [5.74, 6) is 0.153. The third-order valence-electron chi connectivity index (χ3n) is 6.11. The van der Waals surface area contributed by atoms with E-state index in [0.29, 0.717) is 5.65 Å². The first-order valence-corrected chi connectivity index (χ1v) is 11.2. The van der Waals surface area contributed by atoms with Crippen LogP contribution in [0.25, 0.3) is 11.2 Å². The fraction of sp³-hybridized carbons (Fsp3) is 0.458. The number of aryl methyl sites for hydroxylation is 2. The number of anilines is 1. The van der Waals surface area contributed by atoms with E-state index in [9.17, 15) is 4.79 Å². The maximum Gasteiger partial charge on any atom is 0.223 e. The first-order chi connectivity index (χ1) is 15.1. The van der Waals surface area contributed by atoms with E-state index in [0.717, 1.165) is 66.9 Å². The van der Waals surface area contributed by atoms with Gasteiger partial charge in [0.1, 0.15) is 5.52 Å². The number of hydrogen-bond donors (Lipinski definition) is 1. The number of carbonyl (C=O) groups excluding carboxylic acids is 1. The highest BCUT2D eigenvalue weighted by Gasteiger charge is 2.26. The predicted molar refractivity (Wildman–Crippen MR) is 122 cm³/mol. The molecule has 0 aromatic carbocycles. The molecule has 0 spiro atoms. The summed E-state index contributed by atoms with van der Waals surface area (Å²) in [6.07, 6.45) is 8.81. The Bertz CT molecular complexity index is 1050. The molecule has 1 aliphatic rings. The van der Waals surface area contributed by atoms with Crippen LogP contribution in [-0.2, 0) is 17.6 Å². The Morgan fingerprint density at radius 1 is 1.16 bits per heavy atom. The molecule has 162 valence electrons. The lowest BCUT2D eigenvalue weighted by Crippen LogP contribution is -2.41. The number of hydrogen-bond acceptors (Lipinski definition) is 6. The molecule has 4 heterocycles. The third kappa shape index (κ3) is 4.65. The van der Waals surface area contributed by atoms with E-state index < -0.39 is 0 Å². The highest BCUT2D eigenvalue weighted by molar-refractivity contribution is 5.79. The molecule has 3 aromatic heterocycles. The second kappa shape index (κ2) is 9.37. The van der Waals surface area contributed by atoms with Gasteiger partial charge in [-0.3, -0.25) is 9.78 Å². The Labute approximate surface area is 183 Å². The van der Waals surface area contributed by atoms with Gasteiger partial charge >= 0.3 is 0 Å². The van der Waals surface area contributed by atoms with Crippen molar-refractivity contribution in [2.24, 2.45) is 5.92 Å². The Balaban J connectivity index is 1.40. The van der Waals surface area contributed by atoms with Gasteiger partial charge in [0.2, 0.25) is 5.91 Å². The monoisotopic (exact) mass is 418 g/mol. The van der Waals surface area contributed by atoms with Crippen molar-refractivity contribution >= 4 is 22.8 Å². The van der Waals surface area contributed by atoms with E-state index in [1.54, 1.807) is 12.4 Å². The number of nitrogens with one attached hydrogen (secondary N) is 1. The van der Waals surface area contributed by atoms with E-state index in [-0.39, 0.29) is 17.9 Å². The van der Waals surface area contributed by atoms with Gasteiger partial charge < -0.3 is 10.2 Å². The summed E-state index contributed by atoms with van der Waals surface area (Å²) >= 11 is 0. The molecular weight excluding hydrogens is 388 g/mol. The number of aromatic nitrogens is 4. The molecule has 0 bridgehead atoms. The summed E-state index contributed by atoms with van der Waals surface area (Å²) in [5, 5.41) is 3.14. The zero-order valence-corrected chi connectivity index (χ0v) is 18.5. The van der Waals surface area contributed by atoms with Crippen molar-refractivity contribution in [1.29, 1.82) is 0 Å². The molecule has 0 unspecified atom stereocenters. The maximum atomic E-state index is 12.8. The maximum absolute atomic E-state index is 12.8. The van der Waals surface area contributed by atoms with Crippen LogP contribution in [-0.4, -0.2) is 38.9 Å². The van der Waals surface area contributed by atoms with Crippen LogP contribution in [0.2, 0.25) is 0 Å². The highest BCUT2D eigenvalue weighted by Crippen LogP contribution is 2.26. The molecule has 1 fully saturated rings. The molecule has 0 aliphatic carbocycles. The number of piperidine rings is 1. The van der Waals surface area contributed by atoms with Gasteiger partial charge in [-0.25, -0.2) is 15.0 Å². The molecule has 1 N–H and O–H groups in total. The zero-order valence-electron chi connectivity index (χ0n) is 18.5. The molecule has 1 aliphatic heterocycles. The lowest BCUT2D eigenvalue weighted by molar-refractivity contribution is -0.126. The van der Waals surface area contributed by atoms with E-state index in [2.05, 4.69) is 45.1 Å². The Hall–Kier alpha value is -3.09. The van der Waals surface area contributed by atoms with Gasteiger partial charge in [-0.15, -0.1) is 0 Å². The van der Waals surface area contributed by atoms with Crippen molar-refractivity contribution in [3.05, 3.63) is 53.7 Å². The molecule has 7 nitrogen and oxygen atoms in total. The molecule has 0 radical (unpaired) electrons. The summed E-state index contributed by atoms with van der Waals surface area (Å²) in [6.45, 7) is 7.86. The van der Waals surface area contributed by atoms with Crippen LogP contribution in [0.1, 0.15) is 56.6 Å². The topological polar surface area (TPSA) is 83.9 Å². The van der Waals surface area contributed by atoms with Crippen molar-refractivity contribution in [3.8, 4) is 0 Å². The van der Waals surface area contributed by atoms with Gasteiger partial charge in [0.05, 0.1) is 29.3 Å². The number of pyridine rings is 2. The Kier molecular flexibility index (Phi) is 6.39. The number of rotatable bonds is 6. The van der Waals surface area contributed by atoms with Gasteiger partial charge in [-0.2, -0.15) is 0 Å². The van der Waals surface area contributed by atoms with Crippen molar-refractivity contribution in [2.45, 2.75) is 52.5 Å². The number of carbonyl (C=O) groups is 1. The predicted octanol–water partition coefficient (Wildman–Crippen LogP) is 3.64. The van der Waals surface area contributed by atoms with Crippen LogP contribution in [0.4, 0.5) is 5.69 Å². The summed E-state index contributed by atoms with van der Waals surface area (Å²) < 4.78 is 0. The highest BCUT2D eigenvalue weighted by atomic mass is 16.1. The van der Waals surface area contributed by atoms with Crippen LogP contribution in [0.15, 0.2) is 36.8 Å². The van der Waals surface area contributed by atoms with Gasteiger partial charge in [0.25, 0.3) is 0 Å².